The van der Waals surface area contributed by atoms with Crippen LogP contribution in [0.4, 0.5) is 0 Å². The summed E-state index contributed by atoms with van der Waals surface area (Å²) in [5.41, 5.74) is 18.1. The van der Waals surface area contributed by atoms with Gasteiger partial charge in [-0.25, -0.2) is 0 Å². The van der Waals surface area contributed by atoms with Crippen LogP contribution < -0.4 is 0 Å². The van der Waals surface area contributed by atoms with Gasteiger partial charge in [0.15, 0.2) is 0 Å². The molecule has 0 aliphatic carbocycles. The van der Waals surface area contributed by atoms with Crippen molar-refractivity contribution in [3.8, 4) is 55.9 Å². The monoisotopic (exact) mass is 802 g/mol. The summed E-state index contributed by atoms with van der Waals surface area (Å²) in [5.74, 6) is 0. The Morgan fingerprint density at radius 2 is 0.762 bits per heavy atom. The fourth-order valence-electron chi connectivity index (χ4n) is 10.0. The summed E-state index contributed by atoms with van der Waals surface area (Å²) in [5, 5.41) is 7.16. The lowest BCUT2D eigenvalue weighted by Gasteiger charge is -2.16. The molecule has 294 valence electrons. The lowest BCUT2D eigenvalue weighted by molar-refractivity contribution is 0.670. The van der Waals surface area contributed by atoms with Gasteiger partial charge in [0.05, 0.1) is 27.8 Å². The highest BCUT2D eigenvalue weighted by atomic mass is 16.3. The van der Waals surface area contributed by atoms with Crippen LogP contribution in [-0.4, -0.2) is 9.13 Å². The number of furan rings is 1. The highest BCUT2D eigenvalue weighted by molar-refractivity contribution is 6.14. The molecule has 0 aliphatic heterocycles. The Kier molecular flexibility index (Phi) is 7.91. The number of rotatable bonds is 6. The van der Waals surface area contributed by atoms with E-state index in [9.17, 15) is 0 Å². The van der Waals surface area contributed by atoms with Crippen molar-refractivity contribution in [3.63, 3.8) is 0 Å². The Labute approximate surface area is 363 Å². The molecular weight excluding hydrogens is 765 g/mol. The minimum absolute atomic E-state index is 0.908. The zero-order valence-corrected chi connectivity index (χ0v) is 34.2. The predicted octanol–water partition coefficient (Wildman–Crippen LogP) is 16.4. The zero-order chi connectivity index (χ0) is 41.4. The van der Waals surface area contributed by atoms with E-state index in [1.165, 1.54) is 60.3 Å². The Bertz CT molecular complexity index is 3810. The van der Waals surface area contributed by atoms with Gasteiger partial charge in [0.25, 0.3) is 0 Å². The van der Waals surface area contributed by atoms with Crippen molar-refractivity contribution in [2.45, 2.75) is 0 Å². The van der Waals surface area contributed by atoms with Crippen LogP contribution >= 0.6 is 0 Å². The molecule has 0 spiro atoms. The summed E-state index contributed by atoms with van der Waals surface area (Å²) in [7, 11) is 0. The molecule has 0 unspecified atom stereocenters. The summed E-state index contributed by atoms with van der Waals surface area (Å²) < 4.78 is 11.4. The molecule has 0 saturated heterocycles. The lowest BCUT2D eigenvalue weighted by Crippen LogP contribution is -1.98. The average molecular weight is 803 g/mol. The van der Waals surface area contributed by atoms with E-state index in [4.69, 9.17) is 4.42 Å². The number of para-hydroxylation sites is 4. The van der Waals surface area contributed by atoms with Gasteiger partial charge in [0.1, 0.15) is 11.2 Å². The third-order valence-corrected chi connectivity index (χ3v) is 12.9. The molecule has 0 bridgehead atoms. The molecule has 3 aromatic heterocycles. The van der Waals surface area contributed by atoms with Gasteiger partial charge < -0.3 is 13.6 Å². The number of hydrogen-bond donors (Lipinski definition) is 0. The second-order valence-electron chi connectivity index (χ2n) is 16.5. The van der Waals surface area contributed by atoms with Gasteiger partial charge in [-0.05, 0) is 100 Å². The van der Waals surface area contributed by atoms with Crippen LogP contribution in [0.3, 0.4) is 0 Å². The van der Waals surface area contributed by atoms with Crippen molar-refractivity contribution < 1.29 is 4.42 Å². The molecule has 0 fully saturated rings. The number of aromatic nitrogens is 2. The van der Waals surface area contributed by atoms with Crippen LogP contribution in [0.1, 0.15) is 0 Å². The van der Waals surface area contributed by atoms with Crippen molar-refractivity contribution in [1.29, 1.82) is 0 Å². The molecule has 0 aliphatic rings. The Hall–Kier alpha value is -8.40. The number of benzene rings is 10. The Morgan fingerprint density at radius 3 is 1.51 bits per heavy atom. The van der Waals surface area contributed by atoms with E-state index in [1.807, 2.05) is 6.07 Å². The maximum absolute atomic E-state index is 6.50. The number of fused-ring (bicyclic) bond motifs is 9. The Morgan fingerprint density at radius 1 is 0.270 bits per heavy atom. The smallest absolute Gasteiger partial charge is 0.143 e. The Balaban J connectivity index is 0.976. The van der Waals surface area contributed by atoms with Crippen molar-refractivity contribution in [3.05, 3.63) is 231 Å². The van der Waals surface area contributed by atoms with E-state index in [0.717, 1.165) is 61.1 Å². The van der Waals surface area contributed by atoms with E-state index in [0.29, 0.717) is 0 Å². The fourth-order valence-corrected chi connectivity index (χ4v) is 10.0. The molecule has 63 heavy (non-hydrogen) atoms. The normalized spacial score (nSPS) is 11.8. The number of nitrogens with zero attached hydrogens (tertiary/aromatic N) is 2. The fraction of sp³-hybridized carbons (Fsp3) is 0. The standard InChI is InChI=1S/C60H38N2O/c1-3-15-39(16-4-1)41-29-32-56-52(36-41)53-37-42(40-17-5-2-6-18-40)30-33-57(53)61(56)45-20-13-19-43(35-45)46-21-7-10-26-54(46)62-55-27-11-8-22-48(55)51-38-44(31-34-58(51)62)47-24-14-25-50-49-23-9-12-28-59(49)63-60(47)50/h1-38H. The summed E-state index contributed by atoms with van der Waals surface area (Å²) in [4.78, 5) is 0. The van der Waals surface area contributed by atoms with Gasteiger partial charge >= 0.3 is 0 Å². The maximum Gasteiger partial charge on any atom is 0.143 e. The van der Waals surface area contributed by atoms with Crippen molar-refractivity contribution in [2.24, 2.45) is 0 Å². The molecule has 3 heterocycles. The van der Waals surface area contributed by atoms with Crippen molar-refractivity contribution in [2.75, 3.05) is 0 Å². The maximum atomic E-state index is 6.50. The van der Waals surface area contributed by atoms with E-state index in [-0.39, 0.29) is 0 Å². The van der Waals surface area contributed by atoms with Crippen molar-refractivity contribution in [1.82, 2.24) is 9.13 Å². The van der Waals surface area contributed by atoms with Crippen LogP contribution in [0.2, 0.25) is 0 Å². The van der Waals surface area contributed by atoms with Gasteiger partial charge in [-0.3, -0.25) is 0 Å². The highest BCUT2D eigenvalue weighted by Crippen LogP contribution is 2.42. The van der Waals surface area contributed by atoms with E-state index in [1.54, 1.807) is 0 Å². The van der Waals surface area contributed by atoms with Crippen LogP contribution in [-0.2, 0) is 0 Å². The molecule has 13 aromatic rings. The SMILES string of the molecule is c1ccc(-c2ccc3c(c2)c2cc(-c4ccccc4)ccc2n3-c2cccc(-c3ccccc3-n3c4ccccc4c4cc(-c5cccc6c5oc5ccccc56)ccc43)c2)cc1. The average Bonchev–Trinajstić information content (AvgIpc) is 4.02. The lowest BCUT2D eigenvalue weighted by atomic mass is 10.00. The van der Waals surface area contributed by atoms with Crippen LogP contribution in [0.25, 0.3) is 121 Å². The highest BCUT2D eigenvalue weighted by Gasteiger charge is 2.20. The quantitative estimate of drug-likeness (QED) is 0.164. The second-order valence-corrected chi connectivity index (χ2v) is 16.5. The molecule has 0 radical (unpaired) electrons. The molecule has 0 saturated carbocycles. The van der Waals surface area contributed by atoms with Gasteiger partial charge in [-0.2, -0.15) is 0 Å². The molecule has 0 atom stereocenters. The van der Waals surface area contributed by atoms with Gasteiger partial charge in [0.2, 0.25) is 0 Å². The topological polar surface area (TPSA) is 23.0 Å². The van der Waals surface area contributed by atoms with Gasteiger partial charge in [0, 0.05) is 49.1 Å². The molecule has 0 amide bonds. The van der Waals surface area contributed by atoms with Gasteiger partial charge in [-0.1, -0.05) is 164 Å². The van der Waals surface area contributed by atoms with Crippen molar-refractivity contribution >= 4 is 65.6 Å². The molecule has 10 aromatic carbocycles. The van der Waals surface area contributed by atoms with Crippen LogP contribution in [0.5, 0.6) is 0 Å². The molecule has 0 N–H and O–H groups in total. The zero-order valence-electron chi connectivity index (χ0n) is 34.2. The summed E-state index contributed by atoms with van der Waals surface area (Å²) in [6.07, 6.45) is 0. The second kappa shape index (κ2) is 14.1. The minimum Gasteiger partial charge on any atom is -0.455 e. The molecular formula is C60H38N2O. The van der Waals surface area contributed by atoms with Crippen LogP contribution in [0.15, 0.2) is 235 Å². The summed E-state index contributed by atoms with van der Waals surface area (Å²) >= 11 is 0. The third kappa shape index (κ3) is 5.60. The van der Waals surface area contributed by atoms with E-state index >= 15 is 0 Å². The van der Waals surface area contributed by atoms with Crippen LogP contribution in [0, 0.1) is 0 Å². The third-order valence-electron chi connectivity index (χ3n) is 12.9. The first-order valence-electron chi connectivity index (χ1n) is 21.6. The first kappa shape index (κ1) is 35.4. The summed E-state index contributed by atoms with van der Waals surface area (Å²) in [6.45, 7) is 0. The minimum atomic E-state index is 0.908. The molecule has 13 rings (SSSR count). The largest absolute Gasteiger partial charge is 0.455 e. The number of hydrogen-bond acceptors (Lipinski definition) is 1. The predicted molar refractivity (Wildman–Crippen MR) is 264 cm³/mol. The first-order chi connectivity index (χ1) is 31.2. The van der Waals surface area contributed by atoms with E-state index < -0.39 is 0 Å². The molecule has 3 nitrogen and oxygen atoms in total. The van der Waals surface area contributed by atoms with Gasteiger partial charge in [-0.15, -0.1) is 0 Å². The van der Waals surface area contributed by atoms with E-state index in [2.05, 4.69) is 234 Å². The molecule has 3 heteroatoms. The summed E-state index contributed by atoms with van der Waals surface area (Å²) in [6, 6.07) is 83.5. The first-order valence-corrected chi connectivity index (χ1v) is 21.6.